The lowest BCUT2D eigenvalue weighted by Crippen LogP contribution is -2.39. The molecule has 1 fully saturated rings. The van der Waals surface area contributed by atoms with Gasteiger partial charge in [0.2, 0.25) is 10.0 Å². The summed E-state index contributed by atoms with van der Waals surface area (Å²) in [7, 11) is -3.43. The van der Waals surface area contributed by atoms with E-state index < -0.39 is 10.0 Å². The lowest BCUT2D eigenvalue weighted by atomic mass is 10.2. The molecule has 0 radical (unpaired) electrons. The zero-order chi connectivity index (χ0) is 15.5. The quantitative estimate of drug-likeness (QED) is 0.871. The Balaban J connectivity index is 2.22. The van der Waals surface area contributed by atoms with E-state index in [2.05, 4.69) is 0 Å². The van der Waals surface area contributed by atoms with Crippen molar-refractivity contribution in [1.82, 2.24) is 4.31 Å². The van der Waals surface area contributed by atoms with E-state index >= 15 is 0 Å². The number of ether oxygens (including phenoxy) is 1. The van der Waals surface area contributed by atoms with Gasteiger partial charge in [-0.2, -0.15) is 4.31 Å². The van der Waals surface area contributed by atoms with Crippen LogP contribution in [0.25, 0.3) is 0 Å². The van der Waals surface area contributed by atoms with Gasteiger partial charge in [0.05, 0.1) is 4.90 Å². The van der Waals surface area contributed by atoms with Crippen LogP contribution in [0.15, 0.2) is 29.2 Å². The molecule has 0 saturated carbocycles. The number of nitrogens with zero attached hydrogens (tertiary/aromatic N) is 1. The van der Waals surface area contributed by atoms with Gasteiger partial charge in [-0.25, -0.2) is 8.42 Å². The van der Waals surface area contributed by atoms with Crippen LogP contribution in [0.4, 0.5) is 0 Å². The fourth-order valence-corrected chi connectivity index (χ4v) is 4.82. The van der Waals surface area contributed by atoms with Gasteiger partial charge in [-0.05, 0) is 50.5 Å². The summed E-state index contributed by atoms with van der Waals surface area (Å²) in [4.78, 5) is 0.329. The van der Waals surface area contributed by atoms with Crippen molar-refractivity contribution in [3.63, 3.8) is 0 Å². The molecule has 2 N–H and O–H groups in total. The second-order valence-corrected chi connectivity index (χ2v) is 7.28. The predicted octanol–water partition coefficient (Wildman–Crippen LogP) is 1.98. The van der Waals surface area contributed by atoms with Crippen LogP contribution in [-0.2, 0) is 10.0 Å². The fraction of sp³-hybridized carbons (Fsp3) is 0.600. The summed E-state index contributed by atoms with van der Waals surface area (Å²) in [5.41, 5.74) is 5.38. The molecular formula is C15H24N2O3S. The van der Waals surface area contributed by atoms with E-state index in [0.29, 0.717) is 23.8 Å². The zero-order valence-electron chi connectivity index (χ0n) is 12.7. The molecule has 1 aliphatic heterocycles. The Morgan fingerprint density at radius 2 is 1.95 bits per heavy atom. The first-order valence-electron chi connectivity index (χ1n) is 7.47. The number of benzene rings is 1. The summed E-state index contributed by atoms with van der Waals surface area (Å²) in [6.45, 7) is 4.87. The highest BCUT2D eigenvalue weighted by atomic mass is 32.2. The Morgan fingerprint density at radius 3 is 2.52 bits per heavy atom. The highest BCUT2D eigenvalue weighted by Gasteiger charge is 2.38. The summed E-state index contributed by atoms with van der Waals surface area (Å²) < 4.78 is 32.7. The monoisotopic (exact) mass is 312 g/mol. The molecule has 1 saturated heterocycles. The zero-order valence-corrected chi connectivity index (χ0v) is 13.5. The minimum absolute atomic E-state index is 0.0631. The summed E-state index contributed by atoms with van der Waals surface area (Å²) in [6, 6.07) is 6.76. The molecular weight excluding hydrogens is 288 g/mol. The van der Waals surface area contributed by atoms with E-state index in [-0.39, 0.29) is 12.1 Å². The Kier molecular flexibility index (Phi) is 5.24. The van der Waals surface area contributed by atoms with Crippen LogP contribution in [0.3, 0.4) is 0 Å². The van der Waals surface area contributed by atoms with Crippen molar-refractivity contribution in [3.05, 3.63) is 24.3 Å². The molecule has 0 amide bonds. The molecule has 1 heterocycles. The maximum atomic E-state index is 12.8. The van der Waals surface area contributed by atoms with E-state index in [9.17, 15) is 8.42 Å². The number of hydrogen-bond donors (Lipinski definition) is 1. The van der Waals surface area contributed by atoms with Gasteiger partial charge in [-0.3, -0.25) is 0 Å². The van der Waals surface area contributed by atoms with E-state index in [4.69, 9.17) is 10.5 Å². The van der Waals surface area contributed by atoms with Gasteiger partial charge >= 0.3 is 0 Å². The lowest BCUT2D eigenvalue weighted by molar-refractivity contribution is 0.326. The molecule has 2 atom stereocenters. The van der Waals surface area contributed by atoms with Crippen LogP contribution < -0.4 is 10.5 Å². The molecule has 1 aromatic rings. The maximum Gasteiger partial charge on any atom is 0.243 e. The Bertz CT molecular complexity index is 557. The molecule has 6 heteroatoms. The number of rotatable bonds is 6. The average molecular weight is 312 g/mol. The van der Waals surface area contributed by atoms with Crippen LogP contribution in [0.1, 0.15) is 33.1 Å². The molecule has 0 bridgehead atoms. The smallest absolute Gasteiger partial charge is 0.243 e. The van der Waals surface area contributed by atoms with Gasteiger partial charge in [-0.15, -0.1) is 0 Å². The van der Waals surface area contributed by atoms with Crippen LogP contribution in [0.2, 0.25) is 0 Å². The first-order chi connectivity index (χ1) is 10.0. The minimum Gasteiger partial charge on any atom is -0.492 e. The van der Waals surface area contributed by atoms with Crippen molar-refractivity contribution in [3.8, 4) is 5.75 Å². The van der Waals surface area contributed by atoms with Crippen LogP contribution in [0, 0.1) is 0 Å². The third-order valence-electron chi connectivity index (χ3n) is 3.97. The number of nitrogens with two attached hydrogens (primary N) is 1. The molecule has 2 unspecified atom stereocenters. The van der Waals surface area contributed by atoms with Crippen LogP contribution in [-0.4, -0.2) is 38.0 Å². The van der Waals surface area contributed by atoms with E-state index in [1.807, 2.05) is 13.8 Å². The average Bonchev–Trinajstić information content (AvgIpc) is 2.87. The molecule has 21 heavy (non-hydrogen) atoms. The predicted molar refractivity (Wildman–Crippen MR) is 82.8 cm³/mol. The van der Waals surface area contributed by atoms with Crippen molar-refractivity contribution in [1.29, 1.82) is 0 Å². The van der Waals surface area contributed by atoms with Crippen molar-refractivity contribution in [2.45, 2.75) is 50.1 Å². The Labute approximate surface area is 127 Å². The summed E-state index contributed by atoms with van der Waals surface area (Å²) in [6.07, 6.45) is 2.71. The largest absolute Gasteiger partial charge is 0.492 e. The summed E-state index contributed by atoms with van der Waals surface area (Å²) in [5.74, 6) is 0.640. The third kappa shape index (κ3) is 3.39. The SMILES string of the molecule is CCC1CCC(C)N1S(=O)(=O)c1ccc(OCCN)cc1. The van der Waals surface area contributed by atoms with Crippen molar-refractivity contribution in [2.24, 2.45) is 5.73 Å². The molecule has 5 nitrogen and oxygen atoms in total. The Hall–Kier alpha value is -1.11. The molecule has 0 spiro atoms. The third-order valence-corrected chi connectivity index (χ3v) is 6.05. The fourth-order valence-electron chi connectivity index (χ4n) is 2.87. The first kappa shape index (κ1) is 16.3. The second kappa shape index (κ2) is 6.77. The number of hydrogen-bond acceptors (Lipinski definition) is 4. The van der Waals surface area contributed by atoms with E-state index in [0.717, 1.165) is 19.3 Å². The van der Waals surface area contributed by atoms with Gasteiger partial charge in [0.15, 0.2) is 0 Å². The van der Waals surface area contributed by atoms with Crippen LogP contribution >= 0.6 is 0 Å². The maximum absolute atomic E-state index is 12.8. The van der Waals surface area contributed by atoms with Crippen molar-refractivity contribution in [2.75, 3.05) is 13.2 Å². The van der Waals surface area contributed by atoms with Gasteiger partial charge < -0.3 is 10.5 Å². The van der Waals surface area contributed by atoms with Crippen molar-refractivity contribution >= 4 is 10.0 Å². The number of sulfonamides is 1. The lowest BCUT2D eigenvalue weighted by Gasteiger charge is -2.27. The molecule has 2 rings (SSSR count). The molecule has 118 valence electrons. The second-order valence-electron chi connectivity index (χ2n) is 5.43. The van der Waals surface area contributed by atoms with Crippen molar-refractivity contribution < 1.29 is 13.2 Å². The van der Waals surface area contributed by atoms with E-state index in [1.165, 1.54) is 0 Å². The van der Waals surface area contributed by atoms with Gasteiger partial charge in [-0.1, -0.05) is 6.92 Å². The highest BCUT2D eigenvalue weighted by molar-refractivity contribution is 7.89. The van der Waals surface area contributed by atoms with Gasteiger partial charge in [0.1, 0.15) is 12.4 Å². The summed E-state index contributed by atoms with van der Waals surface area (Å²) >= 11 is 0. The molecule has 0 aromatic heterocycles. The molecule has 0 aliphatic carbocycles. The van der Waals surface area contributed by atoms with Gasteiger partial charge in [0.25, 0.3) is 0 Å². The highest BCUT2D eigenvalue weighted by Crippen LogP contribution is 2.32. The normalized spacial score (nSPS) is 23.4. The summed E-state index contributed by atoms with van der Waals surface area (Å²) in [5, 5.41) is 0. The van der Waals surface area contributed by atoms with E-state index in [1.54, 1.807) is 28.6 Å². The van der Waals surface area contributed by atoms with Gasteiger partial charge in [0, 0.05) is 18.6 Å². The topological polar surface area (TPSA) is 72.6 Å². The minimum atomic E-state index is -3.43. The van der Waals surface area contributed by atoms with Crippen LogP contribution in [0.5, 0.6) is 5.75 Å². The molecule has 1 aliphatic rings. The standard InChI is InChI=1S/C15H24N2O3S/c1-3-13-5-4-12(2)17(13)21(18,19)15-8-6-14(7-9-15)20-11-10-16/h6-9,12-13H,3-5,10-11,16H2,1-2H3. The molecule has 1 aromatic carbocycles. The Morgan fingerprint density at radius 1 is 1.29 bits per heavy atom. The first-order valence-corrected chi connectivity index (χ1v) is 8.91.